The van der Waals surface area contributed by atoms with Gasteiger partial charge in [-0.15, -0.1) is 0 Å². The van der Waals surface area contributed by atoms with E-state index in [9.17, 15) is 4.39 Å². The molecule has 110 valence electrons. The Bertz CT molecular complexity index is 448. The van der Waals surface area contributed by atoms with Crippen molar-refractivity contribution in [2.24, 2.45) is 11.8 Å². The third-order valence-electron chi connectivity index (χ3n) is 4.79. The minimum absolute atomic E-state index is 0.104. The van der Waals surface area contributed by atoms with Crippen molar-refractivity contribution >= 4 is 5.69 Å². The van der Waals surface area contributed by atoms with Crippen molar-refractivity contribution in [1.29, 1.82) is 0 Å². The molecule has 1 aliphatic heterocycles. The third-order valence-corrected chi connectivity index (χ3v) is 4.79. The molecular weight excluding hydrogens is 251 g/mol. The maximum Gasteiger partial charge on any atom is 0.125 e. The zero-order valence-electron chi connectivity index (χ0n) is 12.4. The first kappa shape index (κ1) is 13.9. The molecule has 0 spiro atoms. The fourth-order valence-electron chi connectivity index (χ4n) is 3.77. The molecule has 1 heterocycles. The summed E-state index contributed by atoms with van der Waals surface area (Å²) in [5.74, 6) is 1.59. The summed E-state index contributed by atoms with van der Waals surface area (Å²) in [6.45, 7) is 6.14. The van der Waals surface area contributed by atoms with E-state index in [0.717, 1.165) is 55.7 Å². The number of rotatable bonds is 5. The topological polar surface area (TPSA) is 15.3 Å². The lowest BCUT2D eigenvalue weighted by molar-refractivity contribution is 0.494. The van der Waals surface area contributed by atoms with Gasteiger partial charge in [-0.2, -0.15) is 0 Å². The molecule has 0 bridgehead atoms. The molecule has 3 rings (SSSR count). The lowest BCUT2D eigenvalue weighted by Gasteiger charge is -2.20. The Morgan fingerprint density at radius 2 is 1.95 bits per heavy atom. The molecule has 2 atom stereocenters. The average molecular weight is 276 g/mol. The molecule has 2 aliphatic rings. The van der Waals surface area contributed by atoms with E-state index >= 15 is 0 Å². The second-order valence-electron chi connectivity index (χ2n) is 6.35. The monoisotopic (exact) mass is 276 g/mol. The number of fused-ring (bicyclic) bond motifs is 1. The summed E-state index contributed by atoms with van der Waals surface area (Å²) >= 11 is 0. The minimum atomic E-state index is -0.104. The van der Waals surface area contributed by atoms with Gasteiger partial charge in [-0.1, -0.05) is 13.3 Å². The van der Waals surface area contributed by atoms with Gasteiger partial charge in [0.1, 0.15) is 5.82 Å². The minimum Gasteiger partial charge on any atom is -0.371 e. The summed E-state index contributed by atoms with van der Waals surface area (Å²) < 4.78 is 13.8. The summed E-state index contributed by atoms with van der Waals surface area (Å²) in [6, 6.07) is 5.51. The van der Waals surface area contributed by atoms with Gasteiger partial charge in [-0.25, -0.2) is 4.39 Å². The van der Waals surface area contributed by atoms with Crippen molar-refractivity contribution in [3.63, 3.8) is 0 Å². The number of halogens is 1. The summed E-state index contributed by atoms with van der Waals surface area (Å²) in [7, 11) is 0. The van der Waals surface area contributed by atoms with Crippen LogP contribution in [-0.2, 0) is 6.54 Å². The van der Waals surface area contributed by atoms with Crippen LogP contribution in [0.4, 0.5) is 10.1 Å². The lowest BCUT2D eigenvalue weighted by Crippen LogP contribution is -2.21. The van der Waals surface area contributed by atoms with Crippen molar-refractivity contribution in [1.82, 2.24) is 5.32 Å². The lowest BCUT2D eigenvalue weighted by atomic mass is 10.0. The van der Waals surface area contributed by atoms with E-state index in [4.69, 9.17) is 0 Å². The Labute approximate surface area is 121 Å². The highest BCUT2D eigenvalue weighted by atomic mass is 19.1. The van der Waals surface area contributed by atoms with Gasteiger partial charge in [-0.3, -0.25) is 0 Å². The Morgan fingerprint density at radius 1 is 1.20 bits per heavy atom. The first-order chi connectivity index (χ1) is 9.76. The average Bonchev–Trinajstić information content (AvgIpc) is 2.99. The fraction of sp³-hybridized carbons (Fsp3) is 0.647. The molecule has 0 radical (unpaired) electrons. The predicted molar refractivity (Wildman–Crippen MR) is 81.4 cm³/mol. The first-order valence-electron chi connectivity index (χ1n) is 8.01. The zero-order chi connectivity index (χ0) is 13.9. The molecule has 1 N–H and O–H groups in total. The molecule has 0 aromatic heterocycles. The van der Waals surface area contributed by atoms with Crippen LogP contribution >= 0.6 is 0 Å². The molecule has 2 fully saturated rings. The molecule has 0 amide bonds. The smallest absolute Gasteiger partial charge is 0.125 e. The highest BCUT2D eigenvalue weighted by Crippen LogP contribution is 2.39. The number of anilines is 1. The summed E-state index contributed by atoms with van der Waals surface area (Å²) in [6.07, 6.45) is 5.22. The maximum absolute atomic E-state index is 13.8. The Morgan fingerprint density at radius 3 is 2.65 bits per heavy atom. The SMILES string of the molecule is CCCNCc1cc(F)cc(N2CC3CCCC3C2)c1. The second-order valence-corrected chi connectivity index (χ2v) is 6.35. The number of benzene rings is 1. The molecule has 1 saturated carbocycles. The molecule has 3 heteroatoms. The first-order valence-corrected chi connectivity index (χ1v) is 8.01. The van der Waals surface area contributed by atoms with E-state index in [0.29, 0.717) is 0 Å². The second kappa shape index (κ2) is 6.13. The highest BCUT2D eigenvalue weighted by molar-refractivity contribution is 5.50. The Hall–Kier alpha value is -1.09. The third kappa shape index (κ3) is 2.98. The quantitative estimate of drug-likeness (QED) is 0.827. The van der Waals surface area contributed by atoms with Crippen molar-refractivity contribution in [2.75, 3.05) is 24.5 Å². The van der Waals surface area contributed by atoms with Gasteiger partial charge in [0.05, 0.1) is 0 Å². The van der Waals surface area contributed by atoms with E-state index in [1.165, 1.54) is 19.3 Å². The molecule has 1 aliphatic carbocycles. The van der Waals surface area contributed by atoms with E-state index in [-0.39, 0.29) is 5.82 Å². The van der Waals surface area contributed by atoms with Crippen LogP contribution in [-0.4, -0.2) is 19.6 Å². The number of hydrogen-bond donors (Lipinski definition) is 1. The van der Waals surface area contributed by atoms with Crippen molar-refractivity contribution < 1.29 is 4.39 Å². The Balaban J connectivity index is 1.69. The van der Waals surface area contributed by atoms with Crippen LogP contribution in [0.1, 0.15) is 38.2 Å². The van der Waals surface area contributed by atoms with Gasteiger partial charge in [0.2, 0.25) is 0 Å². The molecule has 2 nitrogen and oxygen atoms in total. The fourth-order valence-corrected chi connectivity index (χ4v) is 3.77. The van der Waals surface area contributed by atoms with Crippen molar-refractivity contribution in [3.8, 4) is 0 Å². The van der Waals surface area contributed by atoms with Crippen molar-refractivity contribution in [3.05, 3.63) is 29.6 Å². The van der Waals surface area contributed by atoms with Crippen LogP contribution in [0, 0.1) is 17.7 Å². The van der Waals surface area contributed by atoms with Gasteiger partial charge in [-0.05, 0) is 61.4 Å². The molecule has 1 saturated heterocycles. The van der Waals surface area contributed by atoms with Gasteiger partial charge >= 0.3 is 0 Å². The van der Waals surface area contributed by atoms with Crippen LogP contribution in [0.15, 0.2) is 18.2 Å². The van der Waals surface area contributed by atoms with E-state index < -0.39 is 0 Å². The highest BCUT2D eigenvalue weighted by Gasteiger charge is 2.36. The standard InChI is InChI=1S/C17H25FN2/c1-2-6-19-10-13-7-16(18)9-17(8-13)20-11-14-4-3-5-15(14)12-20/h7-9,14-15,19H,2-6,10-12H2,1H3. The van der Waals surface area contributed by atoms with Gasteiger partial charge in [0.25, 0.3) is 0 Å². The molecular formula is C17H25FN2. The molecule has 1 aromatic rings. The Kier molecular flexibility index (Phi) is 4.25. The summed E-state index contributed by atoms with van der Waals surface area (Å²) in [5.41, 5.74) is 2.14. The van der Waals surface area contributed by atoms with Crippen LogP contribution < -0.4 is 10.2 Å². The molecule has 20 heavy (non-hydrogen) atoms. The predicted octanol–water partition coefficient (Wildman–Crippen LogP) is 3.56. The zero-order valence-corrected chi connectivity index (χ0v) is 12.4. The summed E-state index contributed by atoms with van der Waals surface area (Å²) in [4.78, 5) is 2.39. The number of nitrogens with zero attached hydrogens (tertiary/aromatic N) is 1. The van der Waals surface area contributed by atoms with Gasteiger partial charge in [0.15, 0.2) is 0 Å². The number of hydrogen-bond acceptors (Lipinski definition) is 2. The summed E-state index contributed by atoms with van der Waals surface area (Å²) in [5, 5.41) is 3.35. The van der Waals surface area contributed by atoms with Gasteiger partial charge in [0, 0.05) is 25.3 Å². The largest absolute Gasteiger partial charge is 0.371 e. The number of nitrogens with one attached hydrogen (secondary N) is 1. The van der Waals surface area contributed by atoms with E-state index in [1.807, 2.05) is 0 Å². The van der Waals surface area contributed by atoms with E-state index in [2.05, 4.69) is 23.2 Å². The van der Waals surface area contributed by atoms with Crippen LogP contribution in [0.5, 0.6) is 0 Å². The van der Waals surface area contributed by atoms with E-state index in [1.54, 1.807) is 12.1 Å². The van der Waals surface area contributed by atoms with Crippen LogP contribution in [0.2, 0.25) is 0 Å². The van der Waals surface area contributed by atoms with Crippen molar-refractivity contribution in [2.45, 2.75) is 39.2 Å². The van der Waals surface area contributed by atoms with Crippen LogP contribution in [0.3, 0.4) is 0 Å². The van der Waals surface area contributed by atoms with Crippen LogP contribution in [0.25, 0.3) is 0 Å². The molecule has 2 unspecified atom stereocenters. The molecule has 1 aromatic carbocycles. The maximum atomic E-state index is 13.8. The normalized spacial score (nSPS) is 25.2. The van der Waals surface area contributed by atoms with Gasteiger partial charge < -0.3 is 10.2 Å².